The van der Waals surface area contributed by atoms with Gasteiger partial charge in [0.25, 0.3) is 0 Å². The molecule has 0 aliphatic carbocycles. The molecule has 0 radical (unpaired) electrons. The van der Waals surface area contributed by atoms with Crippen LogP contribution in [0.1, 0.15) is 43.0 Å². The first-order valence-electron chi connectivity index (χ1n) is 7.68. The summed E-state index contributed by atoms with van der Waals surface area (Å²) in [5.74, 6) is 0.584. The number of aldehydes is 1. The molecule has 0 atom stereocenters. The Bertz CT molecular complexity index is 737. The number of carbonyl (C=O) groups excluding carboxylic acids is 1. The molecule has 0 N–H and O–H groups in total. The van der Waals surface area contributed by atoms with Gasteiger partial charge in [-0.05, 0) is 25.0 Å². The Balaban J connectivity index is 2.55. The third-order valence-electron chi connectivity index (χ3n) is 3.72. The molecule has 0 saturated heterocycles. The van der Waals surface area contributed by atoms with Gasteiger partial charge in [-0.1, -0.05) is 42.4 Å². The van der Waals surface area contributed by atoms with E-state index in [9.17, 15) is 9.18 Å². The molecule has 1 aromatic heterocycles. The second-order valence-corrected chi connectivity index (χ2v) is 6.31. The van der Waals surface area contributed by atoms with Crippen molar-refractivity contribution in [3.8, 4) is 0 Å². The molecule has 0 unspecified atom stereocenters. The van der Waals surface area contributed by atoms with E-state index in [0.29, 0.717) is 34.3 Å². The van der Waals surface area contributed by atoms with E-state index in [1.165, 1.54) is 6.07 Å². The fourth-order valence-electron chi connectivity index (χ4n) is 2.62. The van der Waals surface area contributed by atoms with Gasteiger partial charge in [-0.2, -0.15) is 0 Å². The lowest BCUT2D eigenvalue weighted by Gasteiger charge is -2.13. The van der Waals surface area contributed by atoms with Gasteiger partial charge in [0.1, 0.15) is 11.6 Å². The first kappa shape index (κ1) is 17.6. The number of hydrogen-bond acceptors (Lipinski definition) is 2. The minimum atomic E-state index is -0.281. The summed E-state index contributed by atoms with van der Waals surface area (Å²) in [6.45, 7) is 8.23. The highest BCUT2D eigenvalue weighted by Crippen LogP contribution is 2.24. The van der Waals surface area contributed by atoms with E-state index >= 15 is 0 Å². The van der Waals surface area contributed by atoms with Crippen LogP contribution in [0, 0.1) is 5.82 Å². The normalized spacial score (nSPS) is 10.8. The molecule has 5 heteroatoms. The van der Waals surface area contributed by atoms with Crippen molar-refractivity contribution in [2.24, 2.45) is 0 Å². The van der Waals surface area contributed by atoms with Crippen molar-refractivity contribution in [3.63, 3.8) is 0 Å². The summed E-state index contributed by atoms with van der Waals surface area (Å²) in [5.41, 5.74) is 2.50. The maximum atomic E-state index is 14.2. The van der Waals surface area contributed by atoms with Crippen molar-refractivity contribution in [1.82, 2.24) is 9.55 Å². The van der Waals surface area contributed by atoms with Crippen molar-refractivity contribution >= 4 is 27.8 Å². The van der Waals surface area contributed by atoms with Crippen LogP contribution < -0.4 is 0 Å². The lowest BCUT2D eigenvalue weighted by molar-refractivity contribution is -0.103. The molecular weight excluding hydrogens is 359 g/mol. The van der Waals surface area contributed by atoms with E-state index < -0.39 is 0 Å². The average molecular weight is 379 g/mol. The van der Waals surface area contributed by atoms with Crippen LogP contribution in [0.25, 0.3) is 5.57 Å². The van der Waals surface area contributed by atoms with Gasteiger partial charge >= 0.3 is 0 Å². The van der Waals surface area contributed by atoms with Crippen LogP contribution in [0.2, 0.25) is 0 Å². The molecule has 3 nitrogen and oxygen atoms in total. The minimum Gasteiger partial charge on any atom is -0.323 e. The Morgan fingerprint density at radius 1 is 1.43 bits per heavy atom. The van der Waals surface area contributed by atoms with E-state index in [0.717, 1.165) is 30.6 Å². The van der Waals surface area contributed by atoms with E-state index in [-0.39, 0.29) is 5.82 Å². The summed E-state index contributed by atoms with van der Waals surface area (Å²) in [6, 6.07) is 5.00. The van der Waals surface area contributed by atoms with Crippen molar-refractivity contribution < 1.29 is 9.18 Å². The molecule has 0 fully saturated rings. The van der Waals surface area contributed by atoms with Crippen LogP contribution in [0.3, 0.4) is 0 Å². The number of halogens is 2. The Kier molecular flexibility index (Phi) is 5.88. The second-order valence-electron chi connectivity index (χ2n) is 5.39. The summed E-state index contributed by atoms with van der Waals surface area (Å²) < 4.78 is 16.8. The standard InChI is InChI=1S/C18H20BrFN2O/c1-4-6-17-21-16(5-2)18(12(3)11-23)22(17)10-13-7-8-14(19)9-15(13)20/h7-9,11H,3-6,10H2,1-2H3. The third kappa shape index (κ3) is 3.78. The number of aromatic nitrogens is 2. The van der Waals surface area contributed by atoms with Gasteiger partial charge in [-0.3, -0.25) is 4.79 Å². The van der Waals surface area contributed by atoms with E-state index in [1.54, 1.807) is 6.07 Å². The van der Waals surface area contributed by atoms with Gasteiger partial charge in [0.05, 0.1) is 17.9 Å². The fourth-order valence-corrected chi connectivity index (χ4v) is 2.95. The minimum absolute atomic E-state index is 0.281. The summed E-state index contributed by atoms with van der Waals surface area (Å²) in [4.78, 5) is 15.9. The SMILES string of the molecule is C=C(C=O)c1c(CC)nc(CCC)n1Cc1ccc(Br)cc1F. The molecular formula is C18H20BrFN2O. The summed E-state index contributed by atoms with van der Waals surface area (Å²) >= 11 is 3.27. The van der Waals surface area contributed by atoms with Gasteiger partial charge in [-0.15, -0.1) is 0 Å². The first-order chi connectivity index (χ1) is 11.0. The summed E-state index contributed by atoms with van der Waals surface area (Å²) in [5, 5.41) is 0. The molecule has 0 amide bonds. The Morgan fingerprint density at radius 3 is 2.74 bits per heavy atom. The molecule has 2 rings (SSSR count). The lowest BCUT2D eigenvalue weighted by atomic mass is 10.1. The Labute approximate surface area is 144 Å². The topological polar surface area (TPSA) is 34.9 Å². The van der Waals surface area contributed by atoms with Gasteiger partial charge in [0, 0.05) is 22.0 Å². The molecule has 0 aliphatic rings. The lowest BCUT2D eigenvalue weighted by Crippen LogP contribution is -2.10. The molecule has 0 saturated carbocycles. The third-order valence-corrected chi connectivity index (χ3v) is 4.21. The molecule has 2 aromatic rings. The number of carbonyl (C=O) groups is 1. The van der Waals surface area contributed by atoms with Crippen LogP contribution in [0.4, 0.5) is 4.39 Å². The van der Waals surface area contributed by atoms with E-state index in [2.05, 4.69) is 34.4 Å². The number of allylic oxidation sites excluding steroid dienone is 1. The van der Waals surface area contributed by atoms with Gasteiger partial charge in [0.15, 0.2) is 6.29 Å². The second kappa shape index (κ2) is 7.68. The average Bonchev–Trinajstić information content (AvgIpc) is 2.87. The number of aryl methyl sites for hydroxylation is 2. The van der Waals surface area contributed by atoms with Crippen molar-refractivity contribution in [2.75, 3.05) is 0 Å². The predicted molar refractivity (Wildman–Crippen MR) is 93.9 cm³/mol. The fraction of sp³-hybridized carbons (Fsp3) is 0.333. The van der Waals surface area contributed by atoms with E-state index in [1.807, 2.05) is 17.6 Å². The highest BCUT2D eigenvalue weighted by Gasteiger charge is 2.19. The van der Waals surface area contributed by atoms with Crippen LogP contribution in [0.5, 0.6) is 0 Å². The predicted octanol–water partition coefficient (Wildman–Crippen LogP) is 4.56. The molecule has 1 aromatic carbocycles. The van der Waals surface area contributed by atoms with Gasteiger partial charge < -0.3 is 4.57 Å². The Hall–Kier alpha value is -1.75. The van der Waals surface area contributed by atoms with Crippen molar-refractivity contribution in [3.05, 3.63) is 57.8 Å². The van der Waals surface area contributed by atoms with Gasteiger partial charge in [0.2, 0.25) is 0 Å². The van der Waals surface area contributed by atoms with Crippen molar-refractivity contribution in [1.29, 1.82) is 0 Å². The molecule has 0 bridgehead atoms. The largest absolute Gasteiger partial charge is 0.323 e. The van der Waals surface area contributed by atoms with Gasteiger partial charge in [-0.25, -0.2) is 9.37 Å². The number of hydrogen-bond donors (Lipinski definition) is 0. The number of rotatable bonds is 7. The highest BCUT2D eigenvalue weighted by molar-refractivity contribution is 9.10. The molecule has 122 valence electrons. The van der Waals surface area contributed by atoms with E-state index in [4.69, 9.17) is 0 Å². The monoisotopic (exact) mass is 378 g/mol. The van der Waals surface area contributed by atoms with Crippen LogP contribution in [-0.2, 0) is 24.2 Å². The quantitative estimate of drug-likeness (QED) is 0.522. The first-order valence-corrected chi connectivity index (χ1v) is 8.47. The highest BCUT2D eigenvalue weighted by atomic mass is 79.9. The Morgan fingerprint density at radius 2 is 2.17 bits per heavy atom. The van der Waals surface area contributed by atoms with Crippen LogP contribution >= 0.6 is 15.9 Å². The number of benzene rings is 1. The smallest absolute Gasteiger partial charge is 0.151 e. The maximum Gasteiger partial charge on any atom is 0.151 e. The zero-order valence-corrected chi connectivity index (χ0v) is 15.0. The maximum absolute atomic E-state index is 14.2. The molecule has 0 spiro atoms. The van der Waals surface area contributed by atoms with Crippen LogP contribution in [-0.4, -0.2) is 15.8 Å². The van der Waals surface area contributed by atoms with Crippen molar-refractivity contribution in [2.45, 2.75) is 39.7 Å². The summed E-state index contributed by atoms with van der Waals surface area (Å²) in [6.07, 6.45) is 3.14. The zero-order valence-electron chi connectivity index (χ0n) is 13.4. The molecule has 23 heavy (non-hydrogen) atoms. The number of imidazole rings is 1. The summed E-state index contributed by atoms with van der Waals surface area (Å²) in [7, 11) is 0. The molecule has 1 heterocycles. The number of nitrogens with zero attached hydrogens (tertiary/aromatic N) is 2. The zero-order chi connectivity index (χ0) is 17.0. The molecule has 0 aliphatic heterocycles. The van der Waals surface area contributed by atoms with Crippen LogP contribution in [0.15, 0.2) is 29.3 Å².